The Hall–Kier alpha value is -2.49. The number of phenols is 1. The molecule has 3 aromatic rings. The van der Waals surface area contributed by atoms with E-state index in [9.17, 15) is 5.11 Å². The summed E-state index contributed by atoms with van der Waals surface area (Å²) >= 11 is 0. The number of hydrogen-bond acceptors (Lipinski definition) is 3. The number of aryl methyl sites for hydroxylation is 2. The van der Waals surface area contributed by atoms with E-state index in [1.54, 1.807) is 13.2 Å². The predicted octanol–water partition coefficient (Wildman–Crippen LogP) is 3.26. The largest absolute Gasteiger partial charge is 0.507 e. The van der Waals surface area contributed by atoms with Gasteiger partial charge in [-0.15, -0.1) is 0 Å². The summed E-state index contributed by atoms with van der Waals surface area (Å²) in [5, 5.41) is 10.2. The van der Waals surface area contributed by atoms with Gasteiger partial charge in [-0.1, -0.05) is 12.1 Å². The van der Waals surface area contributed by atoms with E-state index in [0.717, 1.165) is 22.4 Å². The fourth-order valence-corrected chi connectivity index (χ4v) is 2.53. The molecule has 1 aromatic heterocycles. The molecular weight excluding hydrogens is 252 g/mol. The molecule has 0 fully saturated rings. The average molecular weight is 268 g/mol. The third kappa shape index (κ3) is 1.81. The molecule has 1 N–H and O–H groups in total. The van der Waals surface area contributed by atoms with Crippen molar-refractivity contribution in [3.8, 4) is 22.9 Å². The van der Waals surface area contributed by atoms with Crippen LogP contribution in [0.4, 0.5) is 0 Å². The van der Waals surface area contributed by atoms with Gasteiger partial charge in [0.15, 0.2) is 0 Å². The van der Waals surface area contributed by atoms with E-state index in [1.807, 2.05) is 35.9 Å². The van der Waals surface area contributed by atoms with Gasteiger partial charge in [-0.2, -0.15) is 0 Å². The lowest BCUT2D eigenvalue weighted by Gasteiger charge is -2.07. The SMILES string of the molecule is COc1ccc(-c2nc3cccc(C)c3n2C)c(O)c1. The quantitative estimate of drug-likeness (QED) is 0.776. The zero-order chi connectivity index (χ0) is 14.3. The van der Waals surface area contributed by atoms with Crippen LogP contribution in [-0.4, -0.2) is 21.8 Å². The molecule has 102 valence electrons. The molecule has 0 saturated carbocycles. The third-order valence-corrected chi connectivity index (χ3v) is 3.54. The highest BCUT2D eigenvalue weighted by molar-refractivity contribution is 5.84. The number of para-hydroxylation sites is 1. The second-order valence-corrected chi connectivity index (χ2v) is 4.82. The van der Waals surface area contributed by atoms with Crippen molar-refractivity contribution >= 4 is 11.0 Å². The number of hydrogen-bond donors (Lipinski definition) is 1. The van der Waals surface area contributed by atoms with Crippen LogP contribution in [0.3, 0.4) is 0 Å². The van der Waals surface area contributed by atoms with Crippen molar-refractivity contribution in [1.82, 2.24) is 9.55 Å². The van der Waals surface area contributed by atoms with Gasteiger partial charge >= 0.3 is 0 Å². The lowest BCUT2D eigenvalue weighted by atomic mass is 10.2. The van der Waals surface area contributed by atoms with Crippen molar-refractivity contribution in [3.05, 3.63) is 42.0 Å². The van der Waals surface area contributed by atoms with Crippen molar-refractivity contribution in [2.45, 2.75) is 6.92 Å². The molecule has 0 saturated heterocycles. The second-order valence-electron chi connectivity index (χ2n) is 4.82. The Morgan fingerprint density at radius 1 is 1.20 bits per heavy atom. The minimum absolute atomic E-state index is 0.167. The maximum absolute atomic E-state index is 10.2. The van der Waals surface area contributed by atoms with Gasteiger partial charge in [-0.25, -0.2) is 4.98 Å². The van der Waals surface area contributed by atoms with E-state index in [4.69, 9.17) is 4.74 Å². The second kappa shape index (κ2) is 4.56. The fourth-order valence-electron chi connectivity index (χ4n) is 2.53. The number of methoxy groups -OCH3 is 1. The smallest absolute Gasteiger partial charge is 0.144 e. The molecule has 0 aliphatic rings. The van der Waals surface area contributed by atoms with Crippen LogP contribution in [0.5, 0.6) is 11.5 Å². The summed E-state index contributed by atoms with van der Waals surface area (Å²) in [6, 6.07) is 11.3. The van der Waals surface area contributed by atoms with E-state index in [2.05, 4.69) is 18.0 Å². The van der Waals surface area contributed by atoms with Crippen LogP contribution in [0.2, 0.25) is 0 Å². The summed E-state index contributed by atoms with van der Waals surface area (Å²) in [6.07, 6.45) is 0. The lowest BCUT2D eigenvalue weighted by Crippen LogP contribution is -1.94. The molecule has 2 aromatic carbocycles. The molecule has 20 heavy (non-hydrogen) atoms. The van der Waals surface area contributed by atoms with Crippen LogP contribution < -0.4 is 4.74 Å². The van der Waals surface area contributed by atoms with Gasteiger partial charge in [0.05, 0.1) is 23.7 Å². The highest BCUT2D eigenvalue weighted by Crippen LogP contribution is 2.33. The van der Waals surface area contributed by atoms with Crippen molar-refractivity contribution in [3.63, 3.8) is 0 Å². The highest BCUT2D eigenvalue weighted by Gasteiger charge is 2.14. The van der Waals surface area contributed by atoms with Gasteiger partial charge in [0.25, 0.3) is 0 Å². The van der Waals surface area contributed by atoms with Gasteiger partial charge in [0.1, 0.15) is 17.3 Å². The van der Waals surface area contributed by atoms with Crippen molar-refractivity contribution < 1.29 is 9.84 Å². The van der Waals surface area contributed by atoms with Crippen LogP contribution in [0.15, 0.2) is 36.4 Å². The van der Waals surface area contributed by atoms with Crippen LogP contribution in [0, 0.1) is 6.92 Å². The molecule has 0 aliphatic heterocycles. The average Bonchev–Trinajstić information content (AvgIpc) is 2.77. The maximum atomic E-state index is 10.2. The van der Waals surface area contributed by atoms with Crippen LogP contribution >= 0.6 is 0 Å². The van der Waals surface area contributed by atoms with E-state index in [0.29, 0.717) is 11.3 Å². The lowest BCUT2D eigenvalue weighted by molar-refractivity contribution is 0.408. The van der Waals surface area contributed by atoms with E-state index in [-0.39, 0.29) is 5.75 Å². The number of aromatic nitrogens is 2. The van der Waals surface area contributed by atoms with Crippen molar-refractivity contribution in [2.75, 3.05) is 7.11 Å². The van der Waals surface area contributed by atoms with E-state index >= 15 is 0 Å². The molecule has 4 nitrogen and oxygen atoms in total. The van der Waals surface area contributed by atoms with Gasteiger partial charge < -0.3 is 14.4 Å². The normalized spacial score (nSPS) is 10.9. The first kappa shape index (κ1) is 12.5. The molecule has 4 heteroatoms. The first-order valence-corrected chi connectivity index (χ1v) is 6.41. The standard InChI is InChI=1S/C16H16N2O2/c1-10-5-4-6-13-15(10)18(2)16(17-13)12-8-7-11(20-3)9-14(12)19/h4-9,19H,1-3H3. The predicted molar refractivity (Wildman–Crippen MR) is 79.1 cm³/mol. The van der Waals surface area contributed by atoms with Gasteiger partial charge in [0.2, 0.25) is 0 Å². The first-order valence-electron chi connectivity index (χ1n) is 6.41. The Bertz CT molecular complexity index is 791. The molecule has 0 spiro atoms. The Morgan fingerprint density at radius 3 is 2.65 bits per heavy atom. The van der Waals surface area contributed by atoms with Gasteiger partial charge in [-0.05, 0) is 30.7 Å². The maximum Gasteiger partial charge on any atom is 0.144 e. The molecule has 1 heterocycles. The Balaban J connectivity index is 2.25. The van der Waals surface area contributed by atoms with Crippen LogP contribution in [-0.2, 0) is 7.05 Å². The number of ether oxygens (including phenoxy) is 1. The van der Waals surface area contributed by atoms with Gasteiger partial charge in [0, 0.05) is 13.1 Å². The number of phenolic OH excluding ortho intramolecular Hbond substituents is 1. The summed E-state index contributed by atoms with van der Waals surface area (Å²) in [7, 11) is 3.54. The van der Waals surface area contributed by atoms with E-state index < -0.39 is 0 Å². The minimum atomic E-state index is 0.167. The third-order valence-electron chi connectivity index (χ3n) is 3.54. The number of fused-ring (bicyclic) bond motifs is 1. The molecular formula is C16H16N2O2. The molecule has 0 radical (unpaired) electrons. The monoisotopic (exact) mass is 268 g/mol. The number of imidazole rings is 1. The summed E-state index contributed by atoms with van der Waals surface area (Å²) in [4.78, 5) is 4.62. The Kier molecular flexibility index (Phi) is 2.86. The minimum Gasteiger partial charge on any atom is -0.507 e. The molecule has 0 amide bonds. The molecule has 0 aliphatic carbocycles. The van der Waals surface area contributed by atoms with Crippen LogP contribution in [0.1, 0.15) is 5.56 Å². The fraction of sp³-hybridized carbons (Fsp3) is 0.188. The topological polar surface area (TPSA) is 47.3 Å². The summed E-state index contributed by atoms with van der Waals surface area (Å²) in [5.41, 5.74) is 3.87. The van der Waals surface area contributed by atoms with Crippen LogP contribution in [0.25, 0.3) is 22.4 Å². The zero-order valence-electron chi connectivity index (χ0n) is 11.7. The van der Waals surface area contributed by atoms with Crippen molar-refractivity contribution in [2.24, 2.45) is 7.05 Å². The molecule has 0 bridgehead atoms. The Morgan fingerprint density at radius 2 is 2.00 bits per heavy atom. The number of benzene rings is 2. The zero-order valence-corrected chi connectivity index (χ0v) is 11.7. The summed E-state index contributed by atoms with van der Waals surface area (Å²) < 4.78 is 7.11. The molecule has 0 unspecified atom stereocenters. The highest BCUT2D eigenvalue weighted by atomic mass is 16.5. The molecule has 0 atom stereocenters. The number of rotatable bonds is 2. The van der Waals surface area contributed by atoms with Crippen molar-refractivity contribution in [1.29, 1.82) is 0 Å². The van der Waals surface area contributed by atoms with Gasteiger partial charge in [-0.3, -0.25) is 0 Å². The first-order chi connectivity index (χ1) is 9.61. The number of nitrogens with zero attached hydrogens (tertiary/aromatic N) is 2. The Labute approximate surface area is 117 Å². The number of aromatic hydroxyl groups is 1. The molecule has 3 rings (SSSR count). The summed E-state index contributed by atoms with van der Waals surface area (Å²) in [5.74, 6) is 1.54. The van der Waals surface area contributed by atoms with E-state index in [1.165, 1.54) is 0 Å². The summed E-state index contributed by atoms with van der Waals surface area (Å²) in [6.45, 7) is 2.06.